The lowest BCUT2D eigenvalue weighted by Crippen LogP contribution is -2.50. The van der Waals surface area contributed by atoms with Gasteiger partial charge in [-0.1, -0.05) is 0 Å². The molecule has 0 atom stereocenters. The Morgan fingerprint density at radius 2 is 2.00 bits per heavy atom. The fourth-order valence-electron chi connectivity index (χ4n) is 1.91. The molecule has 1 N–H and O–H groups in total. The molecule has 0 radical (unpaired) electrons. The average molecular weight is 288 g/mol. The summed E-state index contributed by atoms with van der Waals surface area (Å²) in [6, 6.07) is 0. The highest BCUT2D eigenvalue weighted by atomic mass is 32.2. The van der Waals surface area contributed by atoms with Crippen molar-refractivity contribution in [2.75, 3.05) is 33.3 Å². The number of carbonyl (C=O) groups is 1. The summed E-state index contributed by atoms with van der Waals surface area (Å²) in [6.07, 6.45) is 0.867. The number of nitrogens with zero attached hydrogens (tertiary/aromatic N) is 3. The molecule has 0 unspecified atom stereocenters. The molecule has 1 amide bonds. The molecule has 0 saturated carbocycles. The molecule has 1 saturated heterocycles. The molecule has 9 heteroatoms. The van der Waals surface area contributed by atoms with Gasteiger partial charge in [0.05, 0.1) is 13.3 Å². The average Bonchev–Trinajstić information content (AvgIpc) is 2.85. The van der Waals surface area contributed by atoms with E-state index in [1.54, 1.807) is 6.92 Å². The number of aromatic amines is 1. The number of rotatable bonds is 2. The predicted octanol–water partition coefficient (Wildman–Crippen LogP) is -0.209. The number of aromatic nitrogens is 2. The van der Waals surface area contributed by atoms with E-state index in [1.165, 1.54) is 22.5 Å². The van der Waals surface area contributed by atoms with Gasteiger partial charge < -0.3 is 14.6 Å². The normalized spacial score (nSPS) is 17.5. The van der Waals surface area contributed by atoms with Gasteiger partial charge >= 0.3 is 6.09 Å². The molecule has 19 heavy (non-hydrogen) atoms. The van der Waals surface area contributed by atoms with Crippen molar-refractivity contribution in [2.24, 2.45) is 0 Å². The van der Waals surface area contributed by atoms with Crippen LogP contribution < -0.4 is 0 Å². The van der Waals surface area contributed by atoms with Crippen molar-refractivity contribution >= 4 is 16.1 Å². The van der Waals surface area contributed by atoms with E-state index in [0.717, 1.165) is 0 Å². The highest BCUT2D eigenvalue weighted by molar-refractivity contribution is 7.89. The van der Waals surface area contributed by atoms with Crippen molar-refractivity contribution in [1.29, 1.82) is 0 Å². The van der Waals surface area contributed by atoms with Crippen LogP contribution in [-0.2, 0) is 14.8 Å². The lowest BCUT2D eigenvalue weighted by atomic mass is 10.4. The number of methoxy groups -OCH3 is 1. The maximum absolute atomic E-state index is 12.3. The largest absolute Gasteiger partial charge is 0.453 e. The number of piperazine rings is 1. The summed E-state index contributed by atoms with van der Waals surface area (Å²) in [6.45, 7) is 2.82. The Bertz CT molecular complexity index is 560. The van der Waals surface area contributed by atoms with E-state index >= 15 is 0 Å². The van der Waals surface area contributed by atoms with E-state index in [4.69, 9.17) is 0 Å². The van der Waals surface area contributed by atoms with Crippen LogP contribution in [0.3, 0.4) is 0 Å². The zero-order valence-corrected chi connectivity index (χ0v) is 11.6. The molecule has 106 valence electrons. The molecule has 0 bridgehead atoms. The van der Waals surface area contributed by atoms with Gasteiger partial charge in [0.25, 0.3) is 10.0 Å². The molecule has 1 aliphatic rings. The maximum Gasteiger partial charge on any atom is 0.409 e. The van der Waals surface area contributed by atoms with Crippen molar-refractivity contribution in [1.82, 2.24) is 19.2 Å². The number of hydrogen-bond donors (Lipinski definition) is 1. The first-order valence-electron chi connectivity index (χ1n) is 5.80. The quantitative estimate of drug-likeness (QED) is 0.812. The summed E-state index contributed by atoms with van der Waals surface area (Å²) in [5, 5.41) is 0.0801. The van der Waals surface area contributed by atoms with E-state index in [1.807, 2.05) is 0 Å². The number of carbonyl (C=O) groups excluding carboxylic acids is 1. The number of amides is 1. The van der Waals surface area contributed by atoms with Gasteiger partial charge in [-0.3, -0.25) is 0 Å². The summed E-state index contributed by atoms with van der Waals surface area (Å²) in [5.41, 5.74) is 0. The van der Waals surface area contributed by atoms with Gasteiger partial charge in [0.15, 0.2) is 5.03 Å². The molecular formula is C10H16N4O4S. The molecular weight excluding hydrogens is 272 g/mol. The number of nitrogens with one attached hydrogen (secondary N) is 1. The van der Waals surface area contributed by atoms with Crippen molar-refractivity contribution in [3.05, 3.63) is 12.0 Å². The molecule has 0 spiro atoms. The van der Waals surface area contributed by atoms with Crippen molar-refractivity contribution in [3.63, 3.8) is 0 Å². The lowest BCUT2D eigenvalue weighted by Gasteiger charge is -2.32. The van der Waals surface area contributed by atoms with Crippen LogP contribution in [0.1, 0.15) is 5.82 Å². The second kappa shape index (κ2) is 5.17. The molecule has 2 heterocycles. The van der Waals surface area contributed by atoms with E-state index in [9.17, 15) is 13.2 Å². The Hall–Kier alpha value is -1.61. The third-order valence-electron chi connectivity index (χ3n) is 2.97. The van der Waals surface area contributed by atoms with Crippen LogP contribution in [0.4, 0.5) is 4.79 Å². The van der Waals surface area contributed by atoms with E-state index in [-0.39, 0.29) is 18.1 Å². The maximum atomic E-state index is 12.3. The van der Waals surface area contributed by atoms with Crippen molar-refractivity contribution in [2.45, 2.75) is 11.9 Å². The summed E-state index contributed by atoms with van der Waals surface area (Å²) >= 11 is 0. The fraction of sp³-hybridized carbons (Fsp3) is 0.600. The van der Waals surface area contributed by atoms with Gasteiger partial charge in [-0.25, -0.2) is 18.2 Å². The van der Waals surface area contributed by atoms with Crippen LogP contribution in [0.25, 0.3) is 0 Å². The molecule has 8 nitrogen and oxygen atoms in total. The molecule has 1 fully saturated rings. The molecule has 1 aliphatic heterocycles. The van der Waals surface area contributed by atoms with Crippen LogP contribution in [-0.4, -0.2) is 67.0 Å². The monoisotopic (exact) mass is 288 g/mol. The second-order valence-corrected chi connectivity index (χ2v) is 6.10. The highest BCUT2D eigenvalue weighted by Gasteiger charge is 2.31. The molecule has 0 aromatic carbocycles. The third kappa shape index (κ3) is 2.71. The van der Waals surface area contributed by atoms with Gasteiger partial charge in [0.2, 0.25) is 0 Å². The van der Waals surface area contributed by atoms with Gasteiger partial charge in [-0.2, -0.15) is 4.31 Å². The first-order chi connectivity index (χ1) is 8.95. The van der Waals surface area contributed by atoms with Gasteiger partial charge in [0, 0.05) is 26.2 Å². The fourth-order valence-corrected chi connectivity index (χ4v) is 3.29. The number of hydrogen-bond acceptors (Lipinski definition) is 5. The zero-order chi connectivity index (χ0) is 14.0. The standard InChI is InChI=1S/C10H16N4O4S/c1-8-11-7-9(12-8)19(16,17)14-5-3-13(4-6-14)10(15)18-2/h7H,3-6H2,1-2H3,(H,11,12). The molecule has 1 aromatic heterocycles. The number of H-pyrrole nitrogens is 1. The summed E-state index contributed by atoms with van der Waals surface area (Å²) < 4.78 is 30.5. The number of ether oxygens (including phenoxy) is 1. The predicted molar refractivity (Wildman–Crippen MR) is 66.1 cm³/mol. The first-order valence-corrected chi connectivity index (χ1v) is 7.24. The molecule has 2 rings (SSSR count). The minimum absolute atomic E-state index is 0.0801. The minimum Gasteiger partial charge on any atom is -0.453 e. The smallest absolute Gasteiger partial charge is 0.409 e. The summed E-state index contributed by atoms with van der Waals surface area (Å²) in [7, 11) is -2.26. The van der Waals surface area contributed by atoms with Crippen LogP contribution in [0.5, 0.6) is 0 Å². The topological polar surface area (TPSA) is 95.6 Å². The number of imidazole rings is 1. The summed E-state index contributed by atoms with van der Waals surface area (Å²) in [4.78, 5) is 19.4. The Kier molecular flexibility index (Phi) is 3.76. The van der Waals surface area contributed by atoms with Gasteiger partial charge in [0.1, 0.15) is 5.82 Å². The Balaban J connectivity index is 2.07. The zero-order valence-electron chi connectivity index (χ0n) is 10.8. The molecule has 0 aliphatic carbocycles. The van der Waals surface area contributed by atoms with Gasteiger partial charge in [-0.15, -0.1) is 0 Å². The Morgan fingerprint density at radius 1 is 1.37 bits per heavy atom. The first kappa shape index (κ1) is 13.8. The van der Waals surface area contributed by atoms with Crippen LogP contribution in [0, 0.1) is 6.92 Å². The third-order valence-corrected chi connectivity index (χ3v) is 4.78. The van der Waals surface area contributed by atoms with Crippen LogP contribution >= 0.6 is 0 Å². The molecule has 1 aromatic rings. The number of sulfonamides is 1. The second-order valence-electron chi connectivity index (χ2n) is 4.19. The van der Waals surface area contributed by atoms with Crippen molar-refractivity contribution in [3.8, 4) is 0 Å². The lowest BCUT2D eigenvalue weighted by molar-refractivity contribution is 0.108. The van der Waals surface area contributed by atoms with E-state index < -0.39 is 16.1 Å². The van der Waals surface area contributed by atoms with Crippen LogP contribution in [0.15, 0.2) is 11.2 Å². The summed E-state index contributed by atoms with van der Waals surface area (Å²) in [5.74, 6) is 0.548. The van der Waals surface area contributed by atoms with Crippen LogP contribution in [0.2, 0.25) is 0 Å². The van der Waals surface area contributed by atoms with Crippen molar-refractivity contribution < 1.29 is 17.9 Å². The SMILES string of the molecule is COC(=O)N1CCN(S(=O)(=O)c2cnc(C)[nH]2)CC1. The highest BCUT2D eigenvalue weighted by Crippen LogP contribution is 2.15. The Labute approximate surface area is 111 Å². The van der Waals surface area contributed by atoms with E-state index in [2.05, 4.69) is 14.7 Å². The number of aryl methyl sites for hydroxylation is 1. The van der Waals surface area contributed by atoms with Gasteiger partial charge in [-0.05, 0) is 6.92 Å². The Morgan fingerprint density at radius 3 is 2.47 bits per heavy atom. The van der Waals surface area contributed by atoms with E-state index in [0.29, 0.717) is 18.9 Å². The minimum atomic E-state index is -3.56.